The molecule has 3 heterocycles. The Morgan fingerprint density at radius 2 is 2.04 bits per heavy atom. The van der Waals surface area contributed by atoms with E-state index in [4.69, 9.17) is 9.47 Å². The molecule has 0 saturated carbocycles. The lowest BCUT2D eigenvalue weighted by atomic mass is 10.1. The topological polar surface area (TPSA) is 91.2 Å². The van der Waals surface area contributed by atoms with Gasteiger partial charge < -0.3 is 14.8 Å². The van der Waals surface area contributed by atoms with E-state index in [1.807, 2.05) is 18.3 Å². The Morgan fingerprint density at radius 3 is 2.78 bits per heavy atom. The van der Waals surface area contributed by atoms with Gasteiger partial charge in [-0.15, -0.1) is 0 Å². The molecular weight excluding hydrogens is 346 g/mol. The minimum atomic E-state index is -0.157. The molecule has 0 saturated heterocycles. The molecule has 27 heavy (non-hydrogen) atoms. The first-order valence-electron chi connectivity index (χ1n) is 8.50. The maximum absolute atomic E-state index is 12.1. The number of nitrogens with zero attached hydrogens (tertiary/aromatic N) is 4. The molecule has 8 heteroatoms. The zero-order valence-electron chi connectivity index (χ0n) is 15.3. The monoisotopic (exact) mass is 367 g/mol. The van der Waals surface area contributed by atoms with Crippen LogP contribution in [-0.2, 0) is 4.74 Å². The highest BCUT2D eigenvalue weighted by molar-refractivity contribution is 5.93. The second-order valence-electron chi connectivity index (χ2n) is 5.77. The van der Waals surface area contributed by atoms with Crippen molar-refractivity contribution in [3.05, 3.63) is 54.6 Å². The highest BCUT2D eigenvalue weighted by Gasteiger charge is 2.08. The summed E-state index contributed by atoms with van der Waals surface area (Å²) in [6.07, 6.45) is 7.60. The van der Waals surface area contributed by atoms with Gasteiger partial charge in [-0.25, -0.2) is 14.6 Å². The summed E-state index contributed by atoms with van der Waals surface area (Å²) < 4.78 is 11.8. The van der Waals surface area contributed by atoms with Crippen molar-refractivity contribution in [2.45, 2.75) is 6.42 Å². The Bertz CT molecular complexity index is 892. The Morgan fingerprint density at radius 1 is 1.15 bits per heavy atom. The number of carbonyl (C=O) groups excluding carboxylic acids is 1. The molecule has 0 fully saturated rings. The quantitative estimate of drug-likeness (QED) is 0.613. The first-order valence-corrected chi connectivity index (χ1v) is 8.50. The molecule has 0 bridgehead atoms. The zero-order valence-corrected chi connectivity index (χ0v) is 15.3. The van der Waals surface area contributed by atoms with Crippen LogP contribution in [0.3, 0.4) is 0 Å². The number of hydrogen-bond donors (Lipinski definition) is 1. The van der Waals surface area contributed by atoms with Gasteiger partial charge in [0.05, 0.1) is 18.9 Å². The standard InChI is InChI=1S/C19H21N5O3/c1-26-9-3-7-21-19(25)15-4-5-17(22-11-15)24-13-16(12-23-24)14-6-8-20-18(10-14)27-2/h4-6,8,10-13H,3,7,9H2,1-2H3,(H,21,25). The fourth-order valence-electron chi connectivity index (χ4n) is 2.47. The number of rotatable bonds is 8. The van der Waals surface area contributed by atoms with E-state index in [9.17, 15) is 4.79 Å². The van der Waals surface area contributed by atoms with Crippen molar-refractivity contribution in [3.63, 3.8) is 0 Å². The maximum atomic E-state index is 12.1. The van der Waals surface area contributed by atoms with Crippen molar-refractivity contribution in [2.75, 3.05) is 27.4 Å². The van der Waals surface area contributed by atoms with Gasteiger partial charge in [-0.2, -0.15) is 5.10 Å². The summed E-state index contributed by atoms with van der Waals surface area (Å²) in [5.41, 5.74) is 2.36. The molecule has 3 aromatic heterocycles. The van der Waals surface area contributed by atoms with Gasteiger partial charge in [0.1, 0.15) is 0 Å². The van der Waals surface area contributed by atoms with Crippen molar-refractivity contribution >= 4 is 5.91 Å². The van der Waals surface area contributed by atoms with Gasteiger partial charge in [0.25, 0.3) is 5.91 Å². The maximum Gasteiger partial charge on any atom is 0.252 e. The SMILES string of the molecule is COCCCNC(=O)c1ccc(-n2cc(-c3ccnc(OC)c3)cn2)nc1. The number of ether oxygens (including phenoxy) is 2. The zero-order chi connectivity index (χ0) is 19.1. The van der Waals surface area contributed by atoms with E-state index >= 15 is 0 Å². The molecule has 3 rings (SSSR count). The molecule has 0 aliphatic rings. The van der Waals surface area contributed by atoms with Gasteiger partial charge in [-0.3, -0.25) is 4.79 Å². The number of carbonyl (C=O) groups is 1. The Labute approximate surface area is 157 Å². The molecule has 0 aromatic carbocycles. The Hall–Kier alpha value is -3.26. The second-order valence-corrected chi connectivity index (χ2v) is 5.77. The van der Waals surface area contributed by atoms with E-state index in [2.05, 4.69) is 20.4 Å². The van der Waals surface area contributed by atoms with E-state index in [0.717, 1.165) is 17.5 Å². The minimum Gasteiger partial charge on any atom is -0.481 e. The summed E-state index contributed by atoms with van der Waals surface area (Å²) >= 11 is 0. The summed E-state index contributed by atoms with van der Waals surface area (Å²) in [5, 5.41) is 7.17. The van der Waals surface area contributed by atoms with Crippen LogP contribution in [0.15, 0.2) is 49.1 Å². The lowest BCUT2D eigenvalue weighted by Crippen LogP contribution is -2.25. The molecule has 1 N–H and O–H groups in total. The molecule has 0 atom stereocenters. The summed E-state index contributed by atoms with van der Waals surface area (Å²) in [6.45, 7) is 1.18. The third-order valence-corrected chi connectivity index (χ3v) is 3.92. The molecule has 0 aliphatic heterocycles. The minimum absolute atomic E-state index is 0.157. The van der Waals surface area contributed by atoms with Gasteiger partial charge in [0.2, 0.25) is 5.88 Å². The molecular formula is C19H21N5O3. The van der Waals surface area contributed by atoms with Crippen molar-refractivity contribution < 1.29 is 14.3 Å². The smallest absolute Gasteiger partial charge is 0.252 e. The lowest BCUT2D eigenvalue weighted by Gasteiger charge is -2.05. The van der Waals surface area contributed by atoms with Crippen LogP contribution in [0.4, 0.5) is 0 Å². The molecule has 1 amide bonds. The number of amides is 1. The second kappa shape index (κ2) is 8.91. The first-order chi connectivity index (χ1) is 13.2. The molecule has 3 aromatic rings. The summed E-state index contributed by atoms with van der Waals surface area (Å²) in [7, 11) is 3.21. The van der Waals surface area contributed by atoms with Gasteiger partial charge in [-0.05, 0) is 30.2 Å². The van der Waals surface area contributed by atoms with Crippen LogP contribution in [0.25, 0.3) is 16.9 Å². The molecule has 0 spiro atoms. The summed E-state index contributed by atoms with van der Waals surface area (Å²) in [4.78, 5) is 20.5. The van der Waals surface area contributed by atoms with Gasteiger partial charge in [-0.1, -0.05) is 0 Å². The van der Waals surface area contributed by atoms with Crippen LogP contribution in [0.5, 0.6) is 5.88 Å². The van der Waals surface area contributed by atoms with E-state index in [-0.39, 0.29) is 5.91 Å². The number of nitrogens with one attached hydrogen (secondary N) is 1. The average Bonchev–Trinajstić information content (AvgIpc) is 3.21. The third-order valence-electron chi connectivity index (χ3n) is 3.92. The van der Waals surface area contributed by atoms with Gasteiger partial charge in [0, 0.05) is 50.5 Å². The third kappa shape index (κ3) is 4.68. The highest BCUT2D eigenvalue weighted by Crippen LogP contribution is 2.22. The largest absolute Gasteiger partial charge is 0.481 e. The van der Waals surface area contributed by atoms with Crippen molar-refractivity contribution in [2.24, 2.45) is 0 Å². The highest BCUT2D eigenvalue weighted by atomic mass is 16.5. The lowest BCUT2D eigenvalue weighted by molar-refractivity contribution is 0.0948. The predicted octanol–water partition coefficient (Wildman–Crippen LogP) is 2.10. The fraction of sp³-hybridized carbons (Fsp3) is 0.263. The van der Waals surface area contributed by atoms with Crippen LogP contribution in [-0.4, -0.2) is 53.0 Å². The van der Waals surface area contributed by atoms with Crippen LogP contribution in [0.1, 0.15) is 16.8 Å². The van der Waals surface area contributed by atoms with Crippen LogP contribution in [0.2, 0.25) is 0 Å². The normalized spacial score (nSPS) is 10.6. The summed E-state index contributed by atoms with van der Waals surface area (Å²) in [6, 6.07) is 7.21. The molecule has 0 radical (unpaired) electrons. The van der Waals surface area contributed by atoms with Crippen LogP contribution < -0.4 is 10.1 Å². The van der Waals surface area contributed by atoms with Crippen LogP contribution >= 0.6 is 0 Å². The Balaban J connectivity index is 1.69. The van der Waals surface area contributed by atoms with Crippen LogP contribution in [0, 0.1) is 0 Å². The van der Waals surface area contributed by atoms with E-state index in [0.29, 0.717) is 30.4 Å². The summed E-state index contributed by atoms with van der Waals surface area (Å²) in [5.74, 6) is 1.01. The average molecular weight is 367 g/mol. The van der Waals surface area contributed by atoms with Gasteiger partial charge >= 0.3 is 0 Å². The predicted molar refractivity (Wildman–Crippen MR) is 100.0 cm³/mol. The number of hydrogen-bond acceptors (Lipinski definition) is 6. The van der Waals surface area contributed by atoms with E-state index < -0.39 is 0 Å². The van der Waals surface area contributed by atoms with E-state index in [1.54, 1.807) is 43.4 Å². The first kappa shape index (κ1) is 18.5. The number of pyridine rings is 2. The number of aromatic nitrogens is 4. The molecule has 0 aliphatic carbocycles. The fourth-order valence-corrected chi connectivity index (χ4v) is 2.47. The molecule has 140 valence electrons. The Kier molecular flexibility index (Phi) is 6.11. The van der Waals surface area contributed by atoms with Crippen molar-refractivity contribution in [1.29, 1.82) is 0 Å². The van der Waals surface area contributed by atoms with E-state index in [1.165, 1.54) is 6.20 Å². The molecule has 0 unspecified atom stereocenters. The van der Waals surface area contributed by atoms with Crippen molar-refractivity contribution in [1.82, 2.24) is 25.1 Å². The molecule has 8 nitrogen and oxygen atoms in total. The number of methoxy groups -OCH3 is 2. The van der Waals surface area contributed by atoms with Gasteiger partial charge in [0.15, 0.2) is 5.82 Å². The van der Waals surface area contributed by atoms with Crippen molar-refractivity contribution in [3.8, 4) is 22.8 Å².